The van der Waals surface area contributed by atoms with Crippen LogP contribution in [-0.4, -0.2) is 31.8 Å². The topological polar surface area (TPSA) is 91.0 Å². The number of halogens is 1. The maximum atomic E-state index is 12.8. The first-order valence-corrected chi connectivity index (χ1v) is 9.65. The number of aromatic nitrogens is 4. The number of hydrogen-bond donors (Lipinski definition) is 1. The molecular weight excluding hydrogens is 406 g/mol. The Morgan fingerprint density at radius 2 is 1.93 bits per heavy atom. The number of nitrogens with zero attached hydrogens (tertiary/aromatic N) is 4. The summed E-state index contributed by atoms with van der Waals surface area (Å²) in [6.45, 7) is 2.15. The van der Waals surface area contributed by atoms with Gasteiger partial charge in [-0.1, -0.05) is 23.7 Å². The van der Waals surface area contributed by atoms with Crippen molar-refractivity contribution in [2.75, 3.05) is 11.9 Å². The predicted octanol–water partition coefficient (Wildman–Crippen LogP) is 3.27. The second-order valence-corrected chi connectivity index (χ2v) is 6.86. The minimum Gasteiger partial charge on any atom is -0.492 e. The molecule has 2 heterocycles. The van der Waals surface area contributed by atoms with Crippen LogP contribution in [0.5, 0.6) is 5.75 Å². The first-order chi connectivity index (χ1) is 14.6. The van der Waals surface area contributed by atoms with E-state index in [2.05, 4.69) is 15.4 Å². The van der Waals surface area contributed by atoms with Crippen molar-refractivity contribution in [1.29, 1.82) is 0 Å². The fourth-order valence-electron chi connectivity index (χ4n) is 3.03. The van der Waals surface area contributed by atoms with Gasteiger partial charge >= 0.3 is 0 Å². The highest BCUT2D eigenvalue weighted by Crippen LogP contribution is 2.23. The Morgan fingerprint density at radius 3 is 2.70 bits per heavy atom. The summed E-state index contributed by atoms with van der Waals surface area (Å²) >= 11 is 5.93. The fraction of sp³-hybridized carbons (Fsp3) is 0.143. The SMILES string of the molecule is CCOc1ccccc1NC(=O)Cn1cnc2c(cnn2-c2ccc(Cl)cc2)c1=O. The molecule has 0 radical (unpaired) electrons. The fourth-order valence-corrected chi connectivity index (χ4v) is 3.15. The van der Waals surface area contributed by atoms with Crippen LogP contribution in [0.4, 0.5) is 5.69 Å². The Labute approximate surface area is 176 Å². The van der Waals surface area contributed by atoms with E-state index in [1.54, 1.807) is 47.1 Å². The summed E-state index contributed by atoms with van der Waals surface area (Å²) in [6.07, 6.45) is 2.78. The molecule has 8 nitrogen and oxygen atoms in total. The van der Waals surface area contributed by atoms with E-state index < -0.39 is 0 Å². The largest absolute Gasteiger partial charge is 0.492 e. The van der Waals surface area contributed by atoms with E-state index in [9.17, 15) is 9.59 Å². The zero-order valence-electron chi connectivity index (χ0n) is 16.1. The molecule has 4 aromatic rings. The maximum Gasteiger partial charge on any atom is 0.264 e. The molecule has 9 heteroatoms. The van der Waals surface area contributed by atoms with E-state index in [1.165, 1.54) is 17.1 Å². The second kappa shape index (κ2) is 8.38. The molecule has 0 spiro atoms. The van der Waals surface area contributed by atoms with Crippen LogP contribution in [0.2, 0.25) is 5.02 Å². The summed E-state index contributed by atoms with van der Waals surface area (Å²) in [5, 5.41) is 7.94. The molecule has 0 saturated heterocycles. The number of nitrogens with one attached hydrogen (secondary N) is 1. The second-order valence-electron chi connectivity index (χ2n) is 6.43. The first-order valence-electron chi connectivity index (χ1n) is 9.27. The lowest BCUT2D eigenvalue weighted by Crippen LogP contribution is -2.28. The average Bonchev–Trinajstić information content (AvgIpc) is 3.17. The number of benzene rings is 2. The Hall–Kier alpha value is -3.65. The molecule has 0 atom stereocenters. The number of hydrogen-bond acceptors (Lipinski definition) is 5. The standard InChI is InChI=1S/C21H18ClN5O3/c1-2-30-18-6-4-3-5-17(18)25-19(28)12-26-13-23-20-16(21(26)29)11-24-27(20)15-9-7-14(22)8-10-15/h3-11,13H,2,12H2,1H3,(H,25,28). The quantitative estimate of drug-likeness (QED) is 0.514. The summed E-state index contributed by atoms with van der Waals surface area (Å²) in [6, 6.07) is 14.2. The molecule has 0 fully saturated rings. The molecule has 0 aliphatic rings. The predicted molar refractivity (Wildman–Crippen MR) is 114 cm³/mol. The van der Waals surface area contributed by atoms with Crippen molar-refractivity contribution >= 4 is 34.2 Å². The van der Waals surface area contributed by atoms with Crippen molar-refractivity contribution < 1.29 is 9.53 Å². The summed E-state index contributed by atoms with van der Waals surface area (Å²) in [7, 11) is 0. The molecule has 2 aromatic heterocycles. The zero-order valence-corrected chi connectivity index (χ0v) is 16.8. The van der Waals surface area contributed by atoms with E-state index in [1.807, 2.05) is 13.0 Å². The number of anilines is 1. The van der Waals surface area contributed by atoms with Crippen LogP contribution < -0.4 is 15.6 Å². The van der Waals surface area contributed by atoms with Gasteiger partial charge in [0, 0.05) is 5.02 Å². The van der Waals surface area contributed by atoms with Crippen molar-refractivity contribution in [3.05, 3.63) is 76.4 Å². The van der Waals surface area contributed by atoms with E-state index in [0.717, 1.165) is 5.69 Å². The molecule has 0 bridgehead atoms. The van der Waals surface area contributed by atoms with E-state index in [4.69, 9.17) is 16.3 Å². The Kier molecular flexibility index (Phi) is 5.49. The summed E-state index contributed by atoms with van der Waals surface area (Å²) in [5.74, 6) is 0.203. The van der Waals surface area contributed by atoms with Gasteiger partial charge in [-0.2, -0.15) is 5.10 Å². The van der Waals surface area contributed by atoms with Crippen LogP contribution in [0.1, 0.15) is 6.92 Å². The van der Waals surface area contributed by atoms with E-state index in [0.29, 0.717) is 34.1 Å². The minimum atomic E-state index is -0.365. The highest BCUT2D eigenvalue weighted by molar-refractivity contribution is 6.30. The van der Waals surface area contributed by atoms with Gasteiger partial charge in [0.2, 0.25) is 5.91 Å². The van der Waals surface area contributed by atoms with Crippen LogP contribution in [-0.2, 0) is 11.3 Å². The van der Waals surface area contributed by atoms with Crippen LogP contribution in [0, 0.1) is 0 Å². The normalized spacial score (nSPS) is 10.9. The smallest absolute Gasteiger partial charge is 0.264 e. The van der Waals surface area contributed by atoms with Crippen LogP contribution in [0.15, 0.2) is 65.8 Å². The Bertz CT molecular complexity index is 1260. The highest BCUT2D eigenvalue weighted by Gasteiger charge is 2.14. The molecule has 30 heavy (non-hydrogen) atoms. The van der Waals surface area contributed by atoms with Gasteiger partial charge in [-0.3, -0.25) is 14.2 Å². The van der Waals surface area contributed by atoms with Crippen LogP contribution in [0.25, 0.3) is 16.7 Å². The Balaban J connectivity index is 1.58. The van der Waals surface area contributed by atoms with Crippen LogP contribution >= 0.6 is 11.6 Å². The Morgan fingerprint density at radius 1 is 1.17 bits per heavy atom. The van der Waals surface area contributed by atoms with E-state index in [-0.39, 0.29) is 18.0 Å². The molecule has 1 amide bonds. The number of carbonyl (C=O) groups is 1. The molecule has 2 aromatic carbocycles. The van der Waals surface area contributed by atoms with Crippen molar-refractivity contribution in [2.45, 2.75) is 13.5 Å². The number of amides is 1. The molecule has 152 valence electrons. The number of rotatable bonds is 6. The molecule has 4 rings (SSSR count). The van der Waals surface area contributed by atoms with Crippen molar-refractivity contribution in [3.8, 4) is 11.4 Å². The maximum absolute atomic E-state index is 12.8. The van der Waals surface area contributed by atoms with Crippen molar-refractivity contribution in [3.63, 3.8) is 0 Å². The van der Waals surface area contributed by atoms with Crippen molar-refractivity contribution in [2.24, 2.45) is 0 Å². The minimum absolute atomic E-state index is 0.186. The summed E-state index contributed by atoms with van der Waals surface area (Å²) < 4.78 is 8.30. The number of fused-ring (bicyclic) bond motifs is 1. The van der Waals surface area contributed by atoms with E-state index >= 15 is 0 Å². The van der Waals surface area contributed by atoms with Gasteiger partial charge < -0.3 is 10.1 Å². The van der Waals surface area contributed by atoms with Gasteiger partial charge in [-0.15, -0.1) is 0 Å². The van der Waals surface area contributed by atoms with Crippen LogP contribution in [0.3, 0.4) is 0 Å². The van der Waals surface area contributed by atoms with Gasteiger partial charge in [-0.25, -0.2) is 9.67 Å². The van der Waals surface area contributed by atoms with Gasteiger partial charge in [0.05, 0.1) is 24.2 Å². The van der Waals surface area contributed by atoms with Gasteiger partial charge in [-0.05, 0) is 43.3 Å². The monoisotopic (exact) mass is 423 g/mol. The third kappa shape index (κ3) is 3.90. The molecular formula is C21H18ClN5O3. The lowest BCUT2D eigenvalue weighted by atomic mass is 10.3. The molecule has 0 unspecified atom stereocenters. The molecule has 0 saturated carbocycles. The third-order valence-electron chi connectivity index (χ3n) is 4.40. The average molecular weight is 424 g/mol. The summed E-state index contributed by atoms with van der Waals surface area (Å²) in [4.78, 5) is 29.7. The number of ether oxygens (including phenoxy) is 1. The third-order valence-corrected chi connectivity index (χ3v) is 4.65. The lowest BCUT2D eigenvalue weighted by Gasteiger charge is -2.12. The molecule has 0 aliphatic heterocycles. The number of para-hydroxylation sites is 2. The van der Waals surface area contributed by atoms with Gasteiger partial charge in [0.25, 0.3) is 5.56 Å². The summed E-state index contributed by atoms with van der Waals surface area (Å²) in [5.41, 5.74) is 1.32. The molecule has 1 N–H and O–H groups in total. The first kappa shape index (κ1) is 19.7. The zero-order chi connectivity index (χ0) is 21.1. The number of carbonyl (C=O) groups excluding carboxylic acids is 1. The van der Waals surface area contributed by atoms with Crippen molar-refractivity contribution in [1.82, 2.24) is 19.3 Å². The highest BCUT2D eigenvalue weighted by atomic mass is 35.5. The van der Waals surface area contributed by atoms with Gasteiger partial charge in [0.15, 0.2) is 5.65 Å². The lowest BCUT2D eigenvalue weighted by molar-refractivity contribution is -0.116. The molecule has 0 aliphatic carbocycles. The van der Waals surface area contributed by atoms with Gasteiger partial charge in [0.1, 0.15) is 24.0 Å².